The number of benzene rings is 1. The average Bonchev–Trinajstić information content (AvgIpc) is 2.63. The van der Waals surface area contributed by atoms with E-state index in [1.807, 2.05) is 0 Å². The standard InChI is InChI=1S/C14H24N4O2S/c1-16(2)21(19,20)12-5-6-13(15)14(11-12)18-8-4-7-17(3)9-10-18/h5-6,11H,4,7-10,15H2,1-3H3. The first-order valence-electron chi connectivity index (χ1n) is 7.08. The molecule has 1 aromatic carbocycles. The highest BCUT2D eigenvalue weighted by Gasteiger charge is 2.21. The molecule has 2 rings (SSSR count). The van der Waals surface area contributed by atoms with Crippen molar-refractivity contribution in [2.45, 2.75) is 11.3 Å². The fourth-order valence-corrected chi connectivity index (χ4v) is 3.38. The highest BCUT2D eigenvalue weighted by molar-refractivity contribution is 7.89. The third-order valence-corrected chi connectivity index (χ3v) is 5.65. The van der Waals surface area contributed by atoms with Crippen molar-refractivity contribution in [3.05, 3.63) is 18.2 Å². The summed E-state index contributed by atoms with van der Waals surface area (Å²) < 4.78 is 25.7. The predicted octanol–water partition coefficient (Wildman–Crippen LogP) is 0.661. The van der Waals surface area contributed by atoms with Crippen LogP contribution >= 0.6 is 0 Å². The first kappa shape index (κ1) is 16.1. The molecule has 0 bridgehead atoms. The second-order valence-corrected chi connectivity index (χ2v) is 7.80. The van der Waals surface area contributed by atoms with Gasteiger partial charge in [0, 0.05) is 33.7 Å². The molecule has 118 valence electrons. The number of nitrogens with zero attached hydrogens (tertiary/aromatic N) is 3. The Morgan fingerprint density at radius 3 is 2.52 bits per heavy atom. The molecule has 1 heterocycles. The monoisotopic (exact) mass is 312 g/mol. The van der Waals surface area contributed by atoms with Crippen molar-refractivity contribution in [1.82, 2.24) is 9.21 Å². The van der Waals surface area contributed by atoms with Gasteiger partial charge in [-0.1, -0.05) is 0 Å². The van der Waals surface area contributed by atoms with Crippen LogP contribution in [-0.2, 0) is 10.0 Å². The van der Waals surface area contributed by atoms with Crippen LogP contribution in [-0.4, -0.2) is 64.9 Å². The molecule has 0 amide bonds. The summed E-state index contributed by atoms with van der Waals surface area (Å²) in [6.45, 7) is 3.74. The molecule has 0 aromatic heterocycles. The van der Waals surface area contributed by atoms with Gasteiger partial charge in [0.25, 0.3) is 0 Å². The summed E-state index contributed by atoms with van der Waals surface area (Å²) in [5, 5.41) is 0. The second-order valence-electron chi connectivity index (χ2n) is 5.65. The second kappa shape index (κ2) is 6.21. The molecule has 1 aromatic rings. The average molecular weight is 312 g/mol. The summed E-state index contributed by atoms with van der Waals surface area (Å²) in [6.07, 6.45) is 1.04. The van der Waals surface area contributed by atoms with E-state index in [1.165, 1.54) is 18.4 Å². The van der Waals surface area contributed by atoms with Crippen LogP contribution in [0.4, 0.5) is 11.4 Å². The van der Waals surface area contributed by atoms with Crippen molar-refractivity contribution < 1.29 is 8.42 Å². The summed E-state index contributed by atoms with van der Waals surface area (Å²) in [4.78, 5) is 4.73. The van der Waals surface area contributed by atoms with E-state index in [0.717, 1.165) is 38.3 Å². The molecule has 6 nitrogen and oxygen atoms in total. The minimum atomic E-state index is -3.43. The zero-order valence-electron chi connectivity index (χ0n) is 12.9. The molecule has 0 saturated carbocycles. The number of sulfonamides is 1. The third kappa shape index (κ3) is 3.48. The van der Waals surface area contributed by atoms with E-state index in [9.17, 15) is 8.42 Å². The molecule has 2 N–H and O–H groups in total. The Hall–Kier alpha value is -1.31. The van der Waals surface area contributed by atoms with Gasteiger partial charge in [-0.25, -0.2) is 12.7 Å². The Labute approximate surface area is 127 Å². The highest BCUT2D eigenvalue weighted by Crippen LogP contribution is 2.28. The van der Waals surface area contributed by atoms with Gasteiger partial charge in [-0.2, -0.15) is 0 Å². The van der Waals surface area contributed by atoms with Gasteiger partial charge in [0.1, 0.15) is 0 Å². The maximum absolute atomic E-state index is 12.3. The summed E-state index contributed by atoms with van der Waals surface area (Å²) in [5.41, 5.74) is 7.50. The number of rotatable bonds is 3. The fourth-order valence-electron chi connectivity index (χ4n) is 2.46. The van der Waals surface area contributed by atoms with Gasteiger partial charge in [0.05, 0.1) is 16.3 Å². The van der Waals surface area contributed by atoms with Crippen LogP contribution < -0.4 is 10.6 Å². The molecule has 1 saturated heterocycles. The Morgan fingerprint density at radius 1 is 1.14 bits per heavy atom. The van der Waals surface area contributed by atoms with E-state index in [1.54, 1.807) is 18.2 Å². The number of anilines is 2. The van der Waals surface area contributed by atoms with Gasteiger partial charge in [-0.15, -0.1) is 0 Å². The summed E-state index contributed by atoms with van der Waals surface area (Å²) >= 11 is 0. The zero-order chi connectivity index (χ0) is 15.6. The molecule has 0 aliphatic carbocycles. The molecule has 0 radical (unpaired) electrons. The molecule has 21 heavy (non-hydrogen) atoms. The SMILES string of the molecule is CN1CCCN(c2cc(S(=O)(=O)N(C)C)ccc2N)CC1. The quantitative estimate of drug-likeness (QED) is 0.830. The Kier molecular flexibility index (Phi) is 4.75. The van der Waals surface area contributed by atoms with Gasteiger partial charge >= 0.3 is 0 Å². The molecule has 1 fully saturated rings. The maximum Gasteiger partial charge on any atom is 0.242 e. The van der Waals surface area contributed by atoms with Crippen LogP contribution in [0.15, 0.2) is 23.1 Å². The maximum atomic E-state index is 12.3. The first-order valence-corrected chi connectivity index (χ1v) is 8.52. The highest BCUT2D eigenvalue weighted by atomic mass is 32.2. The minimum Gasteiger partial charge on any atom is -0.397 e. The van der Waals surface area contributed by atoms with E-state index in [2.05, 4.69) is 16.8 Å². The van der Waals surface area contributed by atoms with Crippen molar-refractivity contribution >= 4 is 21.4 Å². The molecular formula is C14H24N4O2S. The number of nitrogen functional groups attached to an aromatic ring is 1. The molecule has 0 unspecified atom stereocenters. The molecule has 0 spiro atoms. The lowest BCUT2D eigenvalue weighted by atomic mass is 10.2. The summed E-state index contributed by atoms with van der Waals surface area (Å²) in [6, 6.07) is 4.94. The lowest BCUT2D eigenvalue weighted by Crippen LogP contribution is -2.30. The van der Waals surface area contributed by atoms with Crippen LogP contribution in [0.3, 0.4) is 0 Å². The van der Waals surface area contributed by atoms with Crippen molar-refractivity contribution in [3.8, 4) is 0 Å². The normalized spacial score (nSPS) is 18.0. The smallest absolute Gasteiger partial charge is 0.242 e. The third-order valence-electron chi connectivity index (χ3n) is 3.84. The summed E-state index contributed by atoms with van der Waals surface area (Å²) in [7, 11) is 1.73. The molecule has 1 aliphatic rings. The molecule has 7 heteroatoms. The molecule has 0 atom stereocenters. The largest absolute Gasteiger partial charge is 0.397 e. The lowest BCUT2D eigenvalue weighted by Gasteiger charge is -2.25. The topological polar surface area (TPSA) is 69.9 Å². The molecular weight excluding hydrogens is 288 g/mol. The van der Waals surface area contributed by atoms with Crippen LogP contribution in [0.25, 0.3) is 0 Å². The van der Waals surface area contributed by atoms with Gasteiger partial charge in [-0.05, 0) is 38.2 Å². The Balaban J connectivity index is 2.36. The van der Waals surface area contributed by atoms with Gasteiger partial charge < -0.3 is 15.5 Å². The van der Waals surface area contributed by atoms with E-state index >= 15 is 0 Å². The van der Waals surface area contributed by atoms with E-state index < -0.39 is 10.0 Å². The van der Waals surface area contributed by atoms with Gasteiger partial charge in [0.15, 0.2) is 0 Å². The lowest BCUT2D eigenvalue weighted by molar-refractivity contribution is 0.360. The van der Waals surface area contributed by atoms with Crippen molar-refractivity contribution in [2.75, 3.05) is 58.0 Å². The van der Waals surface area contributed by atoms with Crippen molar-refractivity contribution in [3.63, 3.8) is 0 Å². The van der Waals surface area contributed by atoms with Crippen LogP contribution in [0.1, 0.15) is 6.42 Å². The van der Waals surface area contributed by atoms with Crippen molar-refractivity contribution in [1.29, 1.82) is 0 Å². The first-order chi connectivity index (χ1) is 9.82. The number of hydrogen-bond donors (Lipinski definition) is 1. The number of hydrogen-bond acceptors (Lipinski definition) is 5. The Bertz CT molecular complexity index is 601. The van der Waals surface area contributed by atoms with Crippen LogP contribution in [0.2, 0.25) is 0 Å². The number of nitrogens with two attached hydrogens (primary N) is 1. The Morgan fingerprint density at radius 2 is 1.86 bits per heavy atom. The summed E-state index contributed by atoms with van der Waals surface area (Å²) in [5.74, 6) is 0. The predicted molar refractivity (Wildman–Crippen MR) is 86.1 cm³/mol. The van der Waals surface area contributed by atoms with E-state index in [0.29, 0.717) is 5.69 Å². The van der Waals surface area contributed by atoms with Gasteiger partial charge in [0.2, 0.25) is 10.0 Å². The van der Waals surface area contributed by atoms with E-state index in [4.69, 9.17) is 5.73 Å². The zero-order valence-corrected chi connectivity index (χ0v) is 13.7. The number of likely N-dealkylation sites (N-methyl/N-ethyl adjacent to an activating group) is 1. The van der Waals surface area contributed by atoms with Crippen LogP contribution in [0, 0.1) is 0 Å². The molecule has 1 aliphatic heterocycles. The fraction of sp³-hybridized carbons (Fsp3) is 0.571. The van der Waals surface area contributed by atoms with Crippen molar-refractivity contribution in [2.24, 2.45) is 0 Å². The van der Waals surface area contributed by atoms with E-state index in [-0.39, 0.29) is 4.90 Å². The van der Waals surface area contributed by atoms with Crippen LogP contribution in [0.5, 0.6) is 0 Å². The minimum absolute atomic E-state index is 0.286. The van der Waals surface area contributed by atoms with Gasteiger partial charge in [-0.3, -0.25) is 0 Å².